The summed E-state index contributed by atoms with van der Waals surface area (Å²) in [7, 11) is 0. The van der Waals surface area contributed by atoms with Gasteiger partial charge >= 0.3 is 0 Å². The van der Waals surface area contributed by atoms with E-state index in [4.69, 9.17) is 14.9 Å². The fraction of sp³-hybridized carbons (Fsp3) is 0.417. The zero-order valence-corrected chi connectivity index (χ0v) is 15.8. The molecule has 2 aromatic rings. The molecule has 2 aromatic carbocycles. The summed E-state index contributed by atoms with van der Waals surface area (Å²) in [5.41, 5.74) is 9.94. The van der Waals surface area contributed by atoms with Gasteiger partial charge in [0.05, 0.1) is 6.61 Å². The number of aryl methyl sites for hydroxylation is 3. The molecule has 0 radical (unpaired) electrons. The van der Waals surface area contributed by atoms with E-state index in [0.717, 1.165) is 44.3 Å². The third-order valence-corrected chi connectivity index (χ3v) is 5.75. The van der Waals surface area contributed by atoms with Crippen molar-refractivity contribution in [2.24, 2.45) is 0 Å². The molecule has 0 aromatic heterocycles. The van der Waals surface area contributed by atoms with Crippen LogP contribution < -0.4 is 4.74 Å². The van der Waals surface area contributed by atoms with Gasteiger partial charge in [-0.1, -0.05) is 24.3 Å². The molecule has 0 spiro atoms. The summed E-state index contributed by atoms with van der Waals surface area (Å²) < 4.78 is 5.81. The number of ether oxygens (including phenoxy) is 1. The van der Waals surface area contributed by atoms with E-state index in [0.29, 0.717) is 13.0 Å². The number of fused-ring (bicyclic) bond motifs is 2. The molecule has 2 N–H and O–H groups in total. The molecule has 4 rings (SSSR count). The smallest absolute Gasteiger partial charge is 0.119 e. The van der Waals surface area contributed by atoms with E-state index in [-0.39, 0.29) is 13.2 Å². The molecule has 3 nitrogen and oxygen atoms in total. The van der Waals surface area contributed by atoms with Crippen LogP contribution in [0.2, 0.25) is 0 Å². The topological polar surface area (TPSA) is 49.7 Å². The van der Waals surface area contributed by atoms with Crippen molar-refractivity contribution in [2.45, 2.75) is 44.9 Å². The molecule has 0 amide bonds. The Morgan fingerprint density at radius 2 is 1.41 bits per heavy atom. The lowest BCUT2D eigenvalue weighted by Crippen LogP contribution is -2.00. The molecule has 0 saturated carbocycles. The summed E-state index contributed by atoms with van der Waals surface area (Å²) >= 11 is 0. The van der Waals surface area contributed by atoms with Crippen molar-refractivity contribution >= 4 is 11.1 Å². The molecule has 142 valence electrons. The fourth-order valence-electron chi connectivity index (χ4n) is 4.38. The highest BCUT2D eigenvalue weighted by Gasteiger charge is 2.25. The van der Waals surface area contributed by atoms with Gasteiger partial charge in [-0.3, -0.25) is 0 Å². The molecule has 2 aliphatic carbocycles. The molecule has 0 saturated heterocycles. The lowest BCUT2D eigenvalue weighted by atomic mass is 9.95. The molecule has 0 heterocycles. The fourth-order valence-corrected chi connectivity index (χ4v) is 4.38. The quantitative estimate of drug-likeness (QED) is 0.725. The van der Waals surface area contributed by atoms with Crippen LogP contribution in [0.25, 0.3) is 11.1 Å². The van der Waals surface area contributed by atoms with Crippen LogP contribution in [0, 0.1) is 0 Å². The van der Waals surface area contributed by atoms with Gasteiger partial charge in [-0.25, -0.2) is 0 Å². The maximum Gasteiger partial charge on any atom is 0.119 e. The summed E-state index contributed by atoms with van der Waals surface area (Å²) in [6.07, 6.45) is 6.86. The third-order valence-electron chi connectivity index (χ3n) is 5.75. The van der Waals surface area contributed by atoms with Gasteiger partial charge in [-0.15, -0.1) is 0 Å². The van der Waals surface area contributed by atoms with E-state index in [2.05, 4.69) is 36.4 Å². The normalized spacial score (nSPS) is 17.9. The van der Waals surface area contributed by atoms with E-state index in [1.807, 2.05) is 0 Å². The number of aliphatic hydroxyl groups is 2. The largest absolute Gasteiger partial charge is 0.493 e. The van der Waals surface area contributed by atoms with Gasteiger partial charge in [0.15, 0.2) is 0 Å². The molecule has 0 bridgehead atoms. The number of aliphatic hydroxyl groups excluding tert-OH is 2. The van der Waals surface area contributed by atoms with Crippen LogP contribution in [0.4, 0.5) is 0 Å². The summed E-state index contributed by atoms with van der Waals surface area (Å²) in [5, 5.41) is 18.1. The van der Waals surface area contributed by atoms with Crippen LogP contribution in [0.1, 0.15) is 53.5 Å². The third kappa shape index (κ3) is 3.80. The molecule has 0 unspecified atom stereocenters. The van der Waals surface area contributed by atoms with Crippen molar-refractivity contribution in [3.05, 3.63) is 64.2 Å². The Morgan fingerprint density at radius 1 is 0.741 bits per heavy atom. The molecule has 3 heteroatoms. The van der Waals surface area contributed by atoms with Gasteiger partial charge in [0, 0.05) is 19.6 Å². The number of hydrogen-bond donors (Lipinski definition) is 2. The van der Waals surface area contributed by atoms with Gasteiger partial charge in [0.25, 0.3) is 0 Å². The Balaban J connectivity index is 1.66. The number of rotatable bonds is 7. The van der Waals surface area contributed by atoms with Gasteiger partial charge in [0.1, 0.15) is 5.75 Å². The standard InChI is InChI=1S/C24H28O3/c25-12-1-3-17-4-5-18-7-10-21(23(18)15-17)22-11-8-19-6-9-20(16-24(19)22)27-14-2-13-26/h4-6,9,15-16,25-26H,1-3,7-8,10-14H2/b22-21-. The zero-order chi connectivity index (χ0) is 18.6. The highest BCUT2D eigenvalue weighted by Crippen LogP contribution is 2.44. The summed E-state index contributed by atoms with van der Waals surface area (Å²) in [4.78, 5) is 0. The highest BCUT2D eigenvalue weighted by atomic mass is 16.5. The summed E-state index contributed by atoms with van der Waals surface area (Å²) in [5.74, 6) is 0.900. The monoisotopic (exact) mass is 364 g/mol. The first-order valence-corrected chi connectivity index (χ1v) is 10.1. The first-order valence-electron chi connectivity index (χ1n) is 10.1. The van der Waals surface area contributed by atoms with Crippen LogP contribution in [0.3, 0.4) is 0 Å². The van der Waals surface area contributed by atoms with E-state index in [1.54, 1.807) is 0 Å². The Bertz CT molecular complexity index is 851. The second-order valence-electron chi connectivity index (χ2n) is 7.52. The van der Waals surface area contributed by atoms with Gasteiger partial charge in [-0.05, 0) is 89.6 Å². The molecule has 27 heavy (non-hydrogen) atoms. The predicted molar refractivity (Wildman–Crippen MR) is 109 cm³/mol. The first-order chi connectivity index (χ1) is 13.3. The van der Waals surface area contributed by atoms with E-state index in [1.165, 1.54) is 39.0 Å². The lowest BCUT2D eigenvalue weighted by molar-refractivity contribution is 0.233. The average Bonchev–Trinajstić information content (AvgIpc) is 3.29. The molecule has 0 atom stereocenters. The van der Waals surface area contributed by atoms with E-state index < -0.39 is 0 Å². The number of hydrogen-bond acceptors (Lipinski definition) is 3. The Labute approximate surface area is 161 Å². The Kier molecular flexibility index (Phi) is 5.61. The maximum absolute atomic E-state index is 9.12. The zero-order valence-electron chi connectivity index (χ0n) is 15.8. The van der Waals surface area contributed by atoms with Crippen molar-refractivity contribution in [3.63, 3.8) is 0 Å². The van der Waals surface area contributed by atoms with Crippen molar-refractivity contribution in [3.8, 4) is 5.75 Å². The molecule has 0 fully saturated rings. The predicted octanol–water partition coefficient (Wildman–Crippen LogP) is 4.18. The van der Waals surface area contributed by atoms with Gasteiger partial charge in [0.2, 0.25) is 0 Å². The molecule has 0 aliphatic heterocycles. The van der Waals surface area contributed by atoms with Crippen LogP contribution in [0.5, 0.6) is 5.75 Å². The molecular weight excluding hydrogens is 336 g/mol. The lowest BCUT2D eigenvalue weighted by Gasteiger charge is -2.12. The Morgan fingerprint density at radius 3 is 2.11 bits per heavy atom. The van der Waals surface area contributed by atoms with E-state index in [9.17, 15) is 0 Å². The first kappa shape index (κ1) is 18.3. The highest BCUT2D eigenvalue weighted by molar-refractivity contribution is 5.96. The maximum atomic E-state index is 9.12. The Hall–Kier alpha value is -2.10. The van der Waals surface area contributed by atoms with Crippen molar-refractivity contribution in [1.29, 1.82) is 0 Å². The van der Waals surface area contributed by atoms with Gasteiger partial charge < -0.3 is 14.9 Å². The van der Waals surface area contributed by atoms with Crippen LogP contribution >= 0.6 is 0 Å². The minimum Gasteiger partial charge on any atom is -0.493 e. The number of allylic oxidation sites excluding steroid dienone is 2. The van der Waals surface area contributed by atoms with Crippen molar-refractivity contribution in [1.82, 2.24) is 0 Å². The number of benzene rings is 2. The van der Waals surface area contributed by atoms with Gasteiger partial charge in [-0.2, -0.15) is 0 Å². The SMILES string of the molecule is OCCCOc1ccc2c(c1)/C(=C1/CCc3ccc(CCCO)cc31)CC2. The second kappa shape index (κ2) is 8.28. The molecule has 2 aliphatic rings. The summed E-state index contributed by atoms with van der Waals surface area (Å²) in [6, 6.07) is 13.3. The van der Waals surface area contributed by atoms with Crippen LogP contribution in [-0.2, 0) is 19.3 Å². The van der Waals surface area contributed by atoms with Crippen molar-refractivity contribution < 1.29 is 14.9 Å². The van der Waals surface area contributed by atoms with Crippen LogP contribution in [-0.4, -0.2) is 30.0 Å². The minimum absolute atomic E-state index is 0.162. The van der Waals surface area contributed by atoms with Crippen molar-refractivity contribution in [2.75, 3.05) is 19.8 Å². The summed E-state index contributed by atoms with van der Waals surface area (Å²) in [6.45, 7) is 0.964. The molecular formula is C24H28O3. The second-order valence-corrected chi connectivity index (χ2v) is 7.52. The van der Waals surface area contributed by atoms with Crippen LogP contribution in [0.15, 0.2) is 36.4 Å². The minimum atomic E-state index is 0.162. The average molecular weight is 364 g/mol. The van der Waals surface area contributed by atoms with E-state index >= 15 is 0 Å².